The Morgan fingerprint density at radius 2 is 1.89 bits per heavy atom. The van der Waals surface area contributed by atoms with Gasteiger partial charge in [0, 0.05) is 42.3 Å². The number of amides is 1. The van der Waals surface area contributed by atoms with E-state index in [-0.39, 0.29) is 52.8 Å². The van der Waals surface area contributed by atoms with Gasteiger partial charge in [-0.1, -0.05) is 41.9 Å². The molecular formula is C26H25ClF2N2O4. The van der Waals surface area contributed by atoms with Gasteiger partial charge in [0.1, 0.15) is 18.2 Å². The lowest BCUT2D eigenvalue weighted by Gasteiger charge is -2.33. The quantitative estimate of drug-likeness (QED) is 0.439. The lowest BCUT2D eigenvalue weighted by molar-refractivity contribution is 0.0684. The molecule has 1 aliphatic heterocycles. The zero-order valence-corrected chi connectivity index (χ0v) is 20.0. The highest BCUT2D eigenvalue weighted by Gasteiger charge is 2.46. The van der Waals surface area contributed by atoms with Crippen molar-refractivity contribution in [2.75, 3.05) is 20.3 Å². The summed E-state index contributed by atoms with van der Waals surface area (Å²) in [5, 5.41) is -0.365. The van der Waals surface area contributed by atoms with Crippen LogP contribution in [0.5, 0.6) is 11.5 Å². The molecule has 2 atom stereocenters. The Labute approximate surface area is 206 Å². The summed E-state index contributed by atoms with van der Waals surface area (Å²) in [6.45, 7) is 2.04. The number of hydrogen-bond acceptors (Lipinski definition) is 5. The van der Waals surface area contributed by atoms with Gasteiger partial charge in [0.15, 0.2) is 17.2 Å². The summed E-state index contributed by atoms with van der Waals surface area (Å²) in [5.41, 5.74) is 11.6. The average molecular weight is 503 g/mol. The van der Waals surface area contributed by atoms with Crippen LogP contribution in [0.25, 0.3) is 11.1 Å². The number of rotatable bonds is 8. The van der Waals surface area contributed by atoms with Crippen LogP contribution in [0.4, 0.5) is 8.78 Å². The summed E-state index contributed by atoms with van der Waals surface area (Å²) in [5.74, 6) is -2.64. The molecule has 1 aliphatic rings. The number of carbonyl (C=O) groups excluding carboxylic acids is 1. The fraction of sp³-hybridized carbons (Fsp3) is 0.269. The lowest BCUT2D eigenvalue weighted by atomic mass is 9.81. The van der Waals surface area contributed by atoms with Crippen LogP contribution in [0.1, 0.15) is 28.4 Å². The first-order valence-electron chi connectivity index (χ1n) is 11.0. The highest BCUT2D eigenvalue weighted by molar-refractivity contribution is 6.34. The van der Waals surface area contributed by atoms with E-state index in [9.17, 15) is 4.79 Å². The lowest BCUT2D eigenvalue weighted by Crippen LogP contribution is -2.47. The smallest absolute Gasteiger partial charge is 0.249 e. The number of carbonyl (C=O) groups is 1. The maximum Gasteiger partial charge on any atom is 0.249 e. The largest absolute Gasteiger partial charge is 0.488 e. The van der Waals surface area contributed by atoms with Crippen LogP contribution >= 0.6 is 11.6 Å². The summed E-state index contributed by atoms with van der Waals surface area (Å²) in [6.07, 6.45) is 0.158. The van der Waals surface area contributed by atoms with Crippen molar-refractivity contribution >= 4 is 17.5 Å². The molecule has 0 saturated carbocycles. The molecule has 9 heteroatoms. The van der Waals surface area contributed by atoms with Crippen LogP contribution in [-0.4, -0.2) is 32.3 Å². The van der Waals surface area contributed by atoms with Gasteiger partial charge in [-0.25, -0.2) is 8.78 Å². The number of primary amides is 1. The minimum absolute atomic E-state index is 0.0244. The summed E-state index contributed by atoms with van der Waals surface area (Å²) < 4.78 is 47.6. The molecular weight excluding hydrogens is 478 g/mol. The van der Waals surface area contributed by atoms with Crippen molar-refractivity contribution < 1.29 is 27.8 Å². The van der Waals surface area contributed by atoms with E-state index in [4.69, 9.17) is 37.3 Å². The van der Waals surface area contributed by atoms with Gasteiger partial charge in [-0.15, -0.1) is 0 Å². The first-order chi connectivity index (χ1) is 16.7. The SMILES string of the molecule is COCCOc1ccc(C(N)=O)c(-c2c(Cl)c(F)cc3c2CC(c2ccccc2)(C(C)N)O3)c1F. The van der Waals surface area contributed by atoms with Gasteiger partial charge in [0.05, 0.1) is 17.2 Å². The van der Waals surface area contributed by atoms with Crippen molar-refractivity contribution in [3.05, 3.63) is 81.9 Å². The molecule has 0 bridgehead atoms. The predicted octanol–water partition coefficient (Wildman–Crippen LogP) is 4.59. The number of hydrogen-bond donors (Lipinski definition) is 2. The fourth-order valence-corrected chi connectivity index (χ4v) is 4.68. The van der Waals surface area contributed by atoms with E-state index in [1.165, 1.54) is 19.2 Å². The number of benzene rings is 3. The predicted molar refractivity (Wildman–Crippen MR) is 129 cm³/mol. The zero-order valence-electron chi connectivity index (χ0n) is 19.2. The average Bonchev–Trinajstić information content (AvgIpc) is 3.22. The first kappa shape index (κ1) is 24.9. The van der Waals surface area contributed by atoms with Crippen molar-refractivity contribution in [2.24, 2.45) is 11.5 Å². The van der Waals surface area contributed by atoms with Crippen molar-refractivity contribution in [2.45, 2.75) is 25.0 Å². The van der Waals surface area contributed by atoms with E-state index in [2.05, 4.69) is 0 Å². The molecule has 3 aromatic rings. The van der Waals surface area contributed by atoms with Gasteiger partial charge >= 0.3 is 0 Å². The second kappa shape index (κ2) is 9.81. The number of halogens is 3. The maximum atomic E-state index is 15.8. The molecule has 0 aliphatic carbocycles. The van der Waals surface area contributed by atoms with Crippen molar-refractivity contribution in [1.82, 2.24) is 0 Å². The molecule has 0 spiro atoms. The Balaban J connectivity index is 1.95. The molecule has 0 saturated heterocycles. The van der Waals surface area contributed by atoms with Crippen LogP contribution in [0.3, 0.4) is 0 Å². The van der Waals surface area contributed by atoms with Crippen LogP contribution in [0.15, 0.2) is 48.5 Å². The van der Waals surface area contributed by atoms with Crippen molar-refractivity contribution in [3.8, 4) is 22.6 Å². The van der Waals surface area contributed by atoms with E-state index in [1.807, 2.05) is 30.3 Å². The Morgan fingerprint density at radius 3 is 2.51 bits per heavy atom. The van der Waals surface area contributed by atoms with Gasteiger partial charge < -0.3 is 25.7 Å². The molecule has 6 nitrogen and oxygen atoms in total. The third-order valence-corrected chi connectivity index (χ3v) is 6.55. The maximum absolute atomic E-state index is 15.8. The molecule has 1 amide bonds. The van der Waals surface area contributed by atoms with Gasteiger partial charge in [0.2, 0.25) is 5.91 Å². The van der Waals surface area contributed by atoms with E-state index in [0.717, 1.165) is 11.6 Å². The molecule has 3 aromatic carbocycles. The minimum Gasteiger partial charge on any atom is -0.488 e. The molecule has 0 aromatic heterocycles. The van der Waals surface area contributed by atoms with Crippen LogP contribution in [0.2, 0.25) is 5.02 Å². The highest BCUT2D eigenvalue weighted by atomic mass is 35.5. The highest BCUT2D eigenvalue weighted by Crippen LogP contribution is 2.51. The third kappa shape index (κ3) is 4.33. The summed E-state index contributed by atoms with van der Waals surface area (Å²) >= 11 is 6.42. The van der Waals surface area contributed by atoms with E-state index in [1.54, 1.807) is 6.92 Å². The molecule has 0 radical (unpaired) electrons. The molecule has 4 rings (SSSR count). The van der Waals surface area contributed by atoms with Crippen LogP contribution < -0.4 is 20.9 Å². The van der Waals surface area contributed by atoms with Gasteiger partial charge in [-0.2, -0.15) is 0 Å². The second-order valence-electron chi connectivity index (χ2n) is 8.35. The van der Waals surface area contributed by atoms with E-state index in [0.29, 0.717) is 5.56 Å². The molecule has 184 valence electrons. The molecule has 0 fully saturated rings. The summed E-state index contributed by atoms with van der Waals surface area (Å²) in [6, 6.07) is 12.5. The number of nitrogens with two attached hydrogens (primary N) is 2. The fourth-order valence-electron chi connectivity index (χ4n) is 4.41. The Kier molecular flexibility index (Phi) is 6.98. The molecule has 2 unspecified atom stereocenters. The zero-order chi connectivity index (χ0) is 25.3. The standard InChI is InChI=1S/C26H25ClF2N2O4/c1-14(30)26(15-6-4-3-5-7-15)13-17-20(35-26)12-18(28)23(27)21(17)22-16(25(31)32)8-9-19(24(22)29)34-11-10-33-2/h3-9,12,14H,10-11,13,30H2,1-2H3,(H2,31,32). The Hall–Kier alpha value is -3.20. The van der Waals surface area contributed by atoms with Gasteiger partial charge in [0.25, 0.3) is 0 Å². The topological polar surface area (TPSA) is 96.8 Å². The Bertz CT molecular complexity index is 1270. The van der Waals surface area contributed by atoms with E-state index < -0.39 is 29.2 Å². The van der Waals surface area contributed by atoms with Crippen molar-refractivity contribution in [3.63, 3.8) is 0 Å². The van der Waals surface area contributed by atoms with E-state index >= 15 is 8.78 Å². The summed E-state index contributed by atoms with van der Waals surface area (Å²) in [4.78, 5) is 12.3. The monoisotopic (exact) mass is 502 g/mol. The third-order valence-electron chi connectivity index (χ3n) is 6.18. The Morgan fingerprint density at radius 1 is 1.17 bits per heavy atom. The first-order valence-corrected chi connectivity index (χ1v) is 11.3. The van der Waals surface area contributed by atoms with Crippen molar-refractivity contribution in [1.29, 1.82) is 0 Å². The minimum atomic E-state index is -1.06. The van der Waals surface area contributed by atoms with Crippen LogP contribution in [-0.2, 0) is 16.8 Å². The molecule has 1 heterocycles. The van der Waals surface area contributed by atoms with Gasteiger partial charge in [-0.05, 0) is 24.6 Å². The number of fused-ring (bicyclic) bond motifs is 1. The number of methoxy groups -OCH3 is 1. The molecule has 35 heavy (non-hydrogen) atoms. The summed E-state index contributed by atoms with van der Waals surface area (Å²) in [7, 11) is 1.48. The second-order valence-corrected chi connectivity index (χ2v) is 8.73. The van der Waals surface area contributed by atoms with Crippen LogP contribution in [0, 0.1) is 11.6 Å². The van der Waals surface area contributed by atoms with Gasteiger partial charge in [-0.3, -0.25) is 4.79 Å². The molecule has 4 N–H and O–H groups in total. The number of ether oxygens (including phenoxy) is 3. The normalized spacial score (nSPS) is 17.5.